The normalized spacial score (nSPS) is 15.5. The van der Waals surface area contributed by atoms with Gasteiger partial charge in [-0.05, 0) is 42.5 Å². The van der Waals surface area contributed by atoms with Gasteiger partial charge in [-0.3, -0.25) is 9.59 Å². The van der Waals surface area contributed by atoms with Gasteiger partial charge in [0.25, 0.3) is 5.91 Å². The number of hydrogen-bond acceptors (Lipinski definition) is 4. The van der Waals surface area contributed by atoms with Crippen LogP contribution in [0, 0.1) is 5.82 Å². The molecule has 1 aromatic heterocycles. The molecule has 0 unspecified atom stereocenters. The number of halogens is 2. The number of amides is 2. The first-order valence-electron chi connectivity index (χ1n) is 8.83. The summed E-state index contributed by atoms with van der Waals surface area (Å²) >= 11 is 4.63. The number of nitrogens with one attached hydrogen (secondary N) is 2. The summed E-state index contributed by atoms with van der Waals surface area (Å²) in [6.45, 7) is 2.28. The summed E-state index contributed by atoms with van der Waals surface area (Å²) in [6, 6.07) is 8.41. The number of likely N-dealkylation sites (tertiary alicyclic amines) is 1. The number of hydrogen-bond donors (Lipinski definition) is 2. The van der Waals surface area contributed by atoms with Crippen LogP contribution in [0.3, 0.4) is 0 Å². The molecule has 2 N–H and O–H groups in total. The fourth-order valence-electron chi connectivity index (χ4n) is 3.03. The Labute approximate surface area is 170 Å². The Bertz CT molecular complexity index is 792. The zero-order valence-corrected chi connectivity index (χ0v) is 17.1. The highest BCUT2D eigenvalue weighted by atomic mass is 79.9. The number of anilines is 1. The van der Waals surface area contributed by atoms with E-state index in [-0.39, 0.29) is 23.5 Å². The van der Waals surface area contributed by atoms with Gasteiger partial charge in [-0.2, -0.15) is 0 Å². The van der Waals surface area contributed by atoms with Crippen molar-refractivity contribution in [3.8, 4) is 0 Å². The Morgan fingerprint density at radius 3 is 2.70 bits per heavy atom. The molecule has 0 radical (unpaired) electrons. The molecule has 2 aromatic rings. The summed E-state index contributed by atoms with van der Waals surface area (Å²) in [5.41, 5.74) is 0.193. The van der Waals surface area contributed by atoms with E-state index in [1.807, 2.05) is 17.5 Å². The molecule has 1 aliphatic heterocycles. The molecule has 1 aromatic carbocycles. The highest BCUT2D eigenvalue weighted by Crippen LogP contribution is 2.19. The quantitative estimate of drug-likeness (QED) is 0.697. The minimum absolute atomic E-state index is 0.0145. The predicted molar refractivity (Wildman–Crippen MR) is 109 cm³/mol. The third kappa shape index (κ3) is 5.85. The second-order valence-electron chi connectivity index (χ2n) is 6.49. The van der Waals surface area contributed by atoms with Crippen molar-refractivity contribution >= 4 is 44.8 Å². The largest absolute Gasteiger partial charge is 0.349 e. The van der Waals surface area contributed by atoms with Gasteiger partial charge in [0.1, 0.15) is 5.82 Å². The van der Waals surface area contributed by atoms with Crippen molar-refractivity contribution in [1.29, 1.82) is 0 Å². The molecule has 1 aliphatic rings. The Balaban J connectivity index is 1.38. The number of carbonyl (C=O) groups is 2. The summed E-state index contributed by atoms with van der Waals surface area (Å²) in [6.07, 6.45) is 2.03. The van der Waals surface area contributed by atoms with Crippen LogP contribution in [0.4, 0.5) is 10.1 Å². The lowest BCUT2D eigenvalue weighted by atomic mass is 10.0. The molecule has 0 atom stereocenters. The van der Waals surface area contributed by atoms with Crippen LogP contribution in [0.15, 0.2) is 40.2 Å². The van der Waals surface area contributed by atoms with E-state index >= 15 is 0 Å². The van der Waals surface area contributed by atoms with E-state index in [4.69, 9.17) is 0 Å². The Hall–Kier alpha value is -1.77. The van der Waals surface area contributed by atoms with Crippen LogP contribution < -0.4 is 10.6 Å². The smallest absolute Gasteiger partial charge is 0.261 e. The van der Waals surface area contributed by atoms with Crippen molar-refractivity contribution in [2.45, 2.75) is 25.3 Å². The maximum Gasteiger partial charge on any atom is 0.261 e. The van der Waals surface area contributed by atoms with Gasteiger partial charge in [0.2, 0.25) is 5.91 Å². The minimum atomic E-state index is -0.458. The molecule has 27 heavy (non-hydrogen) atoms. The van der Waals surface area contributed by atoms with Crippen molar-refractivity contribution in [1.82, 2.24) is 10.2 Å². The molecule has 5 nitrogen and oxygen atoms in total. The first-order valence-corrected chi connectivity index (χ1v) is 10.5. The van der Waals surface area contributed by atoms with Crippen molar-refractivity contribution in [3.05, 3.63) is 50.9 Å². The second-order valence-corrected chi connectivity index (χ2v) is 8.35. The van der Waals surface area contributed by atoms with Gasteiger partial charge in [-0.1, -0.05) is 22.0 Å². The molecular weight excluding hydrogens is 433 g/mol. The van der Waals surface area contributed by atoms with Gasteiger partial charge < -0.3 is 15.5 Å². The van der Waals surface area contributed by atoms with Gasteiger partial charge in [0.05, 0.1) is 10.6 Å². The molecule has 0 bridgehead atoms. The zero-order valence-electron chi connectivity index (χ0n) is 14.7. The molecule has 1 fully saturated rings. The van der Waals surface area contributed by atoms with Crippen molar-refractivity contribution < 1.29 is 14.0 Å². The summed E-state index contributed by atoms with van der Waals surface area (Å²) in [7, 11) is 0. The number of carbonyl (C=O) groups excluding carboxylic acids is 2. The molecule has 2 amide bonds. The Morgan fingerprint density at radius 2 is 2.04 bits per heavy atom. The SMILES string of the molecule is O=C(CCN1CCC(NC(=O)c2cccs2)CC1)Nc1ccc(Br)cc1F. The third-order valence-corrected chi connectivity index (χ3v) is 5.89. The van der Waals surface area contributed by atoms with Crippen molar-refractivity contribution in [2.24, 2.45) is 0 Å². The average molecular weight is 454 g/mol. The maximum atomic E-state index is 13.8. The van der Waals surface area contributed by atoms with Gasteiger partial charge in [0.15, 0.2) is 0 Å². The van der Waals surface area contributed by atoms with E-state index in [1.165, 1.54) is 17.4 Å². The Kier molecular flexibility index (Phi) is 6.98. The van der Waals surface area contributed by atoms with E-state index in [0.717, 1.165) is 30.8 Å². The van der Waals surface area contributed by atoms with Crippen LogP contribution in [0.5, 0.6) is 0 Å². The molecule has 1 saturated heterocycles. The minimum Gasteiger partial charge on any atom is -0.349 e. The zero-order chi connectivity index (χ0) is 19.2. The number of rotatable bonds is 6. The summed E-state index contributed by atoms with van der Waals surface area (Å²) in [5, 5.41) is 7.57. The van der Waals surface area contributed by atoms with Crippen LogP contribution in [-0.2, 0) is 4.79 Å². The summed E-state index contributed by atoms with van der Waals surface area (Å²) in [4.78, 5) is 27.1. The first-order chi connectivity index (χ1) is 13.0. The monoisotopic (exact) mass is 453 g/mol. The molecule has 0 spiro atoms. The fraction of sp³-hybridized carbons (Fsp3) is 0.368. The van der Waals surface area contributed by atoms with E-state index in [1.54, 1.807) is 12.1 Å². The van der Waals surface area contributed by atoms with Gasteiger partial charge in [0, 0.05) is 36.6 Å². The molecule has 3 rings (SSSR count). The van der Waals surface area contributed by atoms with E-state index < -0.39 is 5.82 Å². The molecular formula is C19H21BrFN3O2S. The Morgan fingerprint density at radius 1 is 1.26 bits per heavy atom. The molecule has 2 heterocycles. The topological polar surface area (TPSA) is 61.4 Å². The average Bonchev–Trinajstić information content (AvgIpc) is 3.18. The van der Waals surface area contributed by atoms with Gasteiger partial charge in [-0.25, -0.2) is 4.39 Å². The van der Waals surface area contributed by atoms with Crippen LogP contribution >= 0.6 is 27.3 Å². The third-order valence-electron chi connectivity index (χ3n) is 4.53. The van der Waals surface area contributed by atoms with Gasteiger partial charge >= 0.3 is 0 Å². The first kappa shape index (κ1) is 20.0. The van der Waals surface area contributed by atoms with E-state index in [0.29, 0.717) is 17.4 Å². The number of benzene rings is 1. The van der Waals surface area contributed by atoms with Gasteiger partial charge in [-0.15, -0.1) is 11.3 Å². The van der Waals surface area contributed by atoms with Crippen LogP contribution in [0.25, 0.3) is 0 Å². The number of piperidine rings is 1. The second kappa shape index (κ2) is 9.43. The van der Waals surface area contributed by atoms with Crippen molar-refractivity contribution in [2.75, 3.05) is 25.0 Å². The highest BCUT2D eigenvalue weighted by Gasteiger charge is 2.21. The lowest BCUT2D eigenvalue weighted by Crippen LogP contribution is -2.45. The molecule has 0 saturated carbocycles. The lowest BCUT2D eigenvalue weighted by molar-refractivity contribution is -0.116. The highest BCUT2D eigenvalue weighted by molar-refractivity contribution is 9.10. The number of thiophene rings is 1. The van der Waals surface area contributed by atoms with E-state index in [9.17, 15) is 14.0 Å². The predicted octanol–water partition coefficient (Wildman–Crippen LogP) is 3.87. The van der Waals surface area contributed by atoms with Crippen LogP contribution in [0.2, 0.25) is 0 Å². The van der Waals surface area contributed by atoms with E-state index in [2.05, 4.69) is 31.5 Å². The summed E-state index contributed by atoms with van der Waals surface area (Å²) < 4.78 is 14.4. The van der Waals surface area contributed by atoms with Crippen LogP contribution in [0.1, 0.15) is 28.9 Å². The molecule has 144 valence electrons. The lowest BCUT2D eigenvalue weighted by Gasteiger charge is -2.32. The number of nitrogens with zero attached hydrogens (tertiary/aromatic N) is 1. The fourth-order valence-corrected chi connectivity index (χ4v) is 3.99. The standard InChI is InChI=1S/C19H21BrFN3O2S/c20-13-3-4-16(15(21)12-13)23-18(25)7-10-24-8-5-14(6-9-24)22-19(26)17-2-1-11-27-17/h1-4,11-12,14H,5-10H2,(H,22,26)(H,23,25). The van der Waals surface area contributed by atoms with Crippen LogP contribution in [-0.4, -0.2) is 42.4 Å². The molecule has 0 aliphatic carbocycles. The summed E-state index contributed by atoms with van der Waals surface area (Å²) in [5.74, 6) is -0.677. The molecule has 8 heteroatoms. The van der Waals surface area contributed by atoms with Crippen molar-refractivity contribution in [3.63, 3.8) is 0 Å². The maximum absolute atomic E-state index is 13.8.